The van der Waals surface area contributed by atoms with Crippen molar-refractivity contribution in [3.8, 4) is 28.8 Å². The van der Waals surface area contributed by atoms with E-state index in [-0.39, 0.29) is 0 Å². The molecule has 3 rings (SSSR count). The molecule has 2 heterocycles. The molecule has 152 valence electrons. The van der Waals surface area contributed by atoms with Gasteiger partial charge in [-0.3, -0.25) is 4.79 Å². The van der Waals surface area contributed by atoms with Gasteiger partial charge in [0.15, 0.2) is 22.5 Å². The molecule has 0 aliphatic carbocycles. The molecule has 1 unspecified atom stereocenters. The number of carboxylic acids is 1. The van der Waals surface area contributed by atoms with Crippen LogP contribution in [0.15, 0.2) is 23.4 Å². The second kappa shape index (κ2) is 9.01. The van der Waals surface area contributed by atoms with Gasteiger partial charge in [0.2, 0.25) is 0 Å². The van der Waals surface area contributed by atoms with Crippen LogP contribution in [-0.4, -0.2) is 54.6 Å². The first-order valence-electron chi connectivity index (χ1n) is 9.08. The lowest BCUT2D eigenvalue weighted by Gasteiger charge is -2.32. The number of rotatable bonds is 6. The number of carboxylic acid groups (broad SMARTS) is 1. The van der Waals surface area contributed by atoms with Crippen molar-refractivity contribution in [2.24, 2.45) is 5.92 Å². The molecule has 0 spiro atoms. The Morgan fingerprint density at radius 2 is 2.07 bits per heavy atom. The molecule has 0 bridgehead atoms. The van der Waals surface area contributed by atoms with Gasteiger partial charge in [-0.1, -0.05) is 11.8 Å². The first-order valence-corrected chi connectivity index (χ1v) is 10.3. The Labute approximate surface area is 173 Å². The second-order valence-electron chi connectivity index (χ2n) is 6.56. The van der Waals surface area contributed by atoms with Gasteiger partial charge in [-0.25, -0.2) is 9.97 Å². The molecule has 0 radical (unpaired) electrons. The SMILES string of the molecule is COc1ccc(-c2nc(SC)nc(N3CCCC(C(=O)O)C3)c2C#N)cc1OC. The van der Waals surface area contributed by atoms with Crippen LogP contribution in [0, 0.1) is 17.2 Å². The van der Waals surface area contributed by atoms with Crippen molar-refractivity contribution >= 4 is 23.5 Å². The molecule has 8 nitrogen and oxygen atoms in total. The van der Waals surface area contributed by atoms with Crippen LogP contribution in [0.1, 0.15) is 18.4 Å². The number of aromatic nitrogens is 2. The number of hydrogen-bond donors (Lipinski definition) is 1. The number of ether oxygens (including phenoxy) is 2. The summed E-state index contributed by atoms with van der Waals surface area (Å²) in [6.07, 6.45) is 3.21. The molecule has 1 saturated heterocycles. The smallest absolute Gasteiger partial charge is 0.308 e. The van der Waals surface area contributed by atoms with Crippen LogP contribution in [0.3, 0.4) is 0 Å². The first-order chi connectivity index (χ1) is 14.0. The highest BCUT2D eigenvalue weighted by Crippen LogP contribution is 2.36. The number of thioether (sulfide) groups is 1. The van der Waals surface area contributed by atoms with Crippen LogP contribution in [-0.2, 0) is 4.79 Å². The molecular formula is C20H22N4O4S. The minimum absolute atomic E-state index is 0.320. The molecule has 0 amide bonds. The van der Waals surface area contributed by atoms with Crippen molar-refractivity contribution in [2.75, 3.05) is 38.5 Å². The monoisotopic (exact) mass is 414 g/mol. The molecule has 1 aromatic carbocycles. The Morgan fingerprint density at radius 3 is 2.69 bits per heavy atom. The van der Waals surface area contributed by atoms with Crippen molar-refractivity contribution in [3.63, 3.8) is 0 Å². The van der Waals surface area contributed by atoms with Gasteiger partial charge in [0.25, 0.3) is 0 Å². The number of piperidine rings is 1. The minimum Gasteiger partial charge on any atom is -0.493 e. The number of methoxy groups -OCH3 is 2. The lowest BCUT2D eigenvalue weighted by molar-refractivity contribution is -0.141. The van der Waals surface area contributed by atoms with Crippen molar-refractivity contribution in [2.45, 2.75) is 18.0 Å². The Kier molecular flexibility index (Phi) is 6.44. The third-order valence-electron chi connectivity index (χ3n) is 4.89. The average molecular weight is 414 g/mol. The van der Waals surface area contributed by atoms with E-state index in [2.05, 4.69) is 16.0 Å². The quantitative estimate of drug-likeness (QED) is 0.563. The van der Waals surface area contributed by atoms with Gasteiger partial charge in [0.05, 0.1) is 25.8 Å². The summed E-state index contributed by atoms with van der Waals surface area (Å²) in [5, 5.41) is 19.9. The van der Waals surface area contributed by atoms with E-state index in [1.807, 2.05) is 17.2 Å². The topological polar surface area (TPSA) is 109 Å². The normalized spacial score (nSPS) is 16.2. The van der Waals surface area contributed by atoms with E-state index in [4.69, 9.17) is 9.47 Å². The molecule has 1 aliphatic heterocycles. The number of benzene rings is 1. The van der Waals surface area contributed by atoms with Crippen LogP contribution in [0.5, 0.6) is 11.5 Å². The van der Waals surface area contributed by atoms with E-state index < -0.39 is 11.9 Å². The Hall–Kier alpha value is -2.99. The third kappa shape index (κ3) is 4.22. The summed E-state index contributed by atoms with van der Waals surface area (Å²) >= 11 is 1.37. The van der Waals surface area contributed by atoms with Crippen LogP contribution in [0.4, 0.5) is 5.82 Å². The fourth-order valence-corrected chi connectivity index (χ4v) is 3.78. The number of anilines is 1. The predicted molar refractivity (Wildman–Crippen MR) is 110 cm³/mol. The Bertz CT molecular complexity index is 960. The van der Waals surface area contributed by atoms with Crippen molar-refractivity contribution in [1.82, 2.24) is 9.97 Å². The minimum atomic E-state index is -0.826. The molecule has 1 N–H and O–H groups in total. The second-order valence-corrected chi connectivity index (χ2v) is 7.34. The fourth-order valence-electron chi connectivity index (χ4n) is 3.42. The Balaban J connectivity index is 2.13. The first kappa shape index (κ1) is 20.7. The van der Waals surface area contributed by atoms with Crippen molar-refractivity contribution < 1.29 is 19.4 Å². The van der Waals surface area contributed by atoms with Gasteiger partial charge >= 0.3 is 5.97 Å². The summed E-state index contributed by atoms with van der Waals surface area (Å²) in [6.45, 7) is 0.967. The summed E-state index contributed by atoms with van der Waals surface area (Å²) in [5.74, 6) is 0.278. The van der Waals surface area contributed by atoms with Gasteiger partial charge in [0, 0.05) is 18.7 Å². The summed E-state index contributed by atoms with van der Waals surface area (Å²) in [6, 6.07) is 7.57. The standard InChI is InChI=1S/C20H22N4O4S/c1-27-15-7-6-12(9-16(15)28-2)17-14(10-21)18(23-20(22-17)29-3)24-8-4-5-13(11-24)19(25)26/h6-7,9,13H,4-5,8,11H2,1-3H3,(H,25,26). The van der Waals surface area contributed by atoms with E-state index in [1.165, 1.54) is 11.8 Å². The number of nitrogens with zero attached hydrogens (tertiary/aromatic N) is 4. The Morgan fingerprint density at radius 1 is 1.31 bits per heavy atom. The lowest BCUT2D eigenvalue weighted by Crippen LogP contribution is -2.39. The molecule has 29 heavy (non-hydrogen) atoms. The number of nitriles is 1. The van der Waals surface area contributed by atoms with Gasteiger partial charge in [-0.15, -0.1) is 0 Å². The zero-order valence-corrected chi connectivity index (χ0v) is 17.3. The maximum Gasteiger partial charge on any atom is 0.308 e. The highest BCUT2D eigenvalue weighted by atomic mass is 32.2. The largest absolute Gasteiger partial charge is 0.493 e. The molecule has 1 aliphatic rings. The number of aliphatic carboxylic acids is 1. The zero-order chi connectivity index (χ0) is 21.0. The van der Waals surface area contributed by atoms with Crippen LogP contribution >= 0.6 is 11.8 Å². The van der Waals surface area contributed by atoms with E-state index in [1.54, 1.807) is 26.4 Å². The van der Waals surface area contributed by atoms with Crippen LogP contribution < -0.4 is 14.4 Å². The van der Waals surface area contributed by atoms with E-state index >= 15 is 0 Å². The van der Waals surface area contributed by atoms with Crippen molar-refractivity contribution in [3.05, 3.63) is 23.8 Å². The van der Waals surface area contributed by atoms with Crippen molar-refractivity contribution in [1.29, 1.82) is 5.26 Å². The summed E-state index contributed by atoms with van der Waals surface area (Å²) in [4.78, 5) is 22.5. The molecule has 9 heteroatoms. The lowest BCUT2D eigenvalue weighted by atomic mass is 9.97. The van der Waals surface area contributed by atoms with Crippen LogP contribution in [0.25, 0.3) is 11.3 Å². The molecule has 2 aromatic rings. The maximum atomic E-state index is 11.5. The summed E-state index contributed by atoms with van der Waals surface area (Å²) < 4.78 is 10.7. The predicted octanol–water partition coefficient (Wildman–Crippen LogP) is 3.06. The van der Waals surface area contributed by atoms with Gasteiger partial charge in [-0.2, -0.15) is 5.26 Å². The molecule has 1 fully saturated rings. The maximum absolute atomic E-state index is 11.5. The third-order valence-corrected chi connectivity index (χ3v) is 5.44. The summed E-state index contributed by atoms with van der Waals surface area (Å²) in [5.41, 5.74) is 1.51. The van der Waals surface area contributed by atoms with Gasteiger partial charge in [0.1, 0.15) is 11.6 Å². The van der Waals surface area contributed by atoms with Gasteiger partial charge < -0.3 is 19.5 Å². The van der Waals surface area contributed by atoms with Gasteiger partial charge in [-0.05, 0) is 37.3 Å². The fraction of sp³-hybridized carbons (Fsp3) is 0.400. The van der Waals surface area contributed by atoms with E-state index in [0.29, 0.717) is 58.8 Å². The zero-order valence-electron chi connectivity index (χ0n) is 16.5. The highest BCUT2D eigenvalue weighted by Gasteiger charge is 2.29. The average Bonchev–Trinajstić information content (AvgIpc) is 2.77. The molecule has 1 atom stereocenters. The molecular weight excluding hydrogens is 392 g/mol. The molecule has 1 aromatic heterocycles. The highest BCUT2D eigenvalue weighted by molar-refractivity contribution is 7.98. The molecule has 0 saturated carbocycles. The summed E-state index contributed by atoms with van der Waals surface area (Å²) in [7, 11) is 3.10. The van der Waals surface area contributed by atoms with E-state index in [9.17, 15) is 15.2 Å². The van der Waals surface area contributed by atoms with E-state index in [0.717, 1.165) is 6.42 Å². The van der Waals surface area contributed by atoms with Crippen LogP contribution in [0.2, 0.25) is 0 Å². The number of carbonyl (C=O) groups is 1. The number of hydrogen-bond acceptors (Lipinski definition) is 8.